The van der Waals surface area contributed by atoms with Crippen molar-refractivity contribution in [3.8, 4) is 0 Å². The molecule has 2 amide bonds. The van der Waals surface area contributed by atoms with Crippen molar-refractivity contribution in [1.82, 2.24) is 20.2 Å². The second kappa shape index (κ2) is 13.8. The van der Waals surface area contributed by atoms with Gasteiger partial charge in [0.2, 0.25) is 5.91 Å². The SMILES string of the molecule is CC(C)(C)OC(=O)N[C@@H](Cc1cn(C(=O)OCc2ccccc2)cn1)C(=O)NCC(=O)OCc1ccccc1. The Labute approximate surface area is 226 Å². The molecule has 0 aliphatic rings. The van der Waals surface area contributed by atoms with Gasteiger partial charge in [0.05, 0.1) is 5.69 Å². The van der Waals surface area contributed by atoms with Gasteiger partial charge >= 0.3 is 18.2 Å². The zero-order valence-electron chi connectivity index (χ0n) is 22.1. The molecule has 1 heterocycles. The zero-order valence-corrected chi connectivity index (χ0v) is 22.1. The Balaban J connectivity index is 1.59. The second-order valence-corrected chi connectivity index (χ2v) is 9.58. The van der Waals surface area contributed by atoms with E-state index in [1.165, 1.54) is 12.5 Å². The van der Waals surface area contributed by atoms with Gasteiger partial charge in [0.25, 0.3) is 0 Å². The minimum absolute atomic E-state index is 0.0624. The maximum absolute atomic E-state index is 12.9. The fourth-order valence-corrected chi connectivity index (χ4v) is 3.30. The Bertz CT molecular complexity index is 1250. The third-order valence-electron chi connectivity index (χ3n) is 5.12. The van der Waals surface area contributed by atoms with Crippen LogP contribution in [0.1, 0.15) is 37.6 Å². The van der Waals surface area contributed by atoms with Crippen molar-refractivity contribution in [2.75, 3.05) is 6.54 Å². The summed E-state index contributed by atoms with van der Waals surface area (Å²) >= 11 is 0. The molecule has 2 N–H and O–H groups in total. The van der Waals surface area contributed by atoms with Crippen LogP contribution in [0.2, 0.25) is 0 Å². The number of aromatic nitrogens is 2. The predicted molar refractivity (Wildman–Crippen MR) is 140 cm³/mol. The molecule has 3 rings (SSSR count). The highest BCUT2D eigenvalue weighted by Crippen LogP contribution is 2.09. The van der Waals surface area contributed by atoms with Gasteiger partial charge < -0.3 is 24.8 Å². The molecule has 11 nitrogen and oxygen atoms in total. The second-order valence-electron chi connectivity index (χ2n) is 9.58. The molecule has 3 aromatic rings. The Morgan fingerprint density at radius 3 is 2.08 bits per heavy atom. The summed E-state index contributed by atoms with van der Waals surface area (Å²) in [6.45, 7) is 4.80. The zero-order chi connectivity index (χ0) is 28.3. The molecule has 0 fully saturated rings. The molecular weight excluding hydrogens is 504 g/mol. The summed E-state index contributed by atoms with van der Waals surface area (Å²) in [6, 6.07) is 17.2. The van der Waals surface area contributed by atoms with Crippen LogP contribution in [0, 0.1) is 0 Å². The number of rotatable bonds is 10. The normalized spacial score (nSPS) is 11.7. The molecule has 0 spiro atoms. The Morgan fingerprint density at radius 2 is 1.49 bits per heavy atom. The standard InChI is InChI=1S/C28H32N4O7/c1-28(2,3)39-26(35)31-23(25(34)29-15-24(33)37-17-20-10-6-4-7-11-20)14-22-16-32(19-30-22)27(36)38-18-21-12-8-5-9-13-21/h4-13,16,19,23H,14-15,17-18H2,1-3H3,(H,29,34)(H,31,35)/t23-/m0/s1. The van der Waals surface area contributed by atoms with E-state index in [2.05, 4.69) is 15.6 Å². The average molecular weight is 537 g/mol. The number of amides is 2. The highest BCUT2D eigenvalue weighted by Gasteiger charge is 2.26. The van der Waals surface area contributed by atoms with Crippen LogP contribution in [-0.4, -0.2) is 51.8 Å². The van der Waals surface area contributed by atoms with Crippen LogP contribution in [0.25, 0.3) is 0 Å². The smallest absolute Gasteiger partial charge is 0.419 e. The van der Waals surface area contributed by atoms with Crippen LogP contribution in [-0.2, 0) is 43.4 Å². The van der Waals surface area contributed by atoms with Crippen molar-refractivity contribution in [2.45, 2.75) is 52.0 Å². The van der Waals surface area contributed by atoms with Gasteiger partial charge in [-0.2, -0.15) is 0 Å². The molecule has 39 heavy (non-hydrogen) atoms. The van der Waals surface area contributed by atoms with Crippen molar-refractivity contribution in [1.29, 1.82) is 0 Å². The van der Waals surface area contributed by atoms with Gasteiger partial charge in [-0.25, -0.2) is 19.1 Å². The van der Waals surface area contributed by atoms with Crippen molar-refractivity contribution >= 4 is 24.1 Å². The maximum atomic E-state index is 12.9. The van der Waals surface area contributed by atoms with Crippen molar-refractivity contribution in [2.24, 2.45) is 0 Å². The highest BCUT2D eigenvalue weighted by atomic mass is 16.6. The molecule has 1 atom stereocenters. The highest BCUT2D eigenvalue weighted by molar-refractivity contribution is 5.88. The topological polar surface area (TPSA) is 138 Å². The largest absolute Gasteiger partial charge is 0.460 e. The number of nitrogens with one attached hydrogen (secondary N) is 2. The van der Waals surface area contributed by atoms with Crippen LogP contribution >= 0.6 is 0 Å². The number of nitrogens with zero attached hydrogens (tertiary/aromatic N) is 2. The Kier molecular flexibility index (Phi) is 10.2. The number of benzene rings is 2. The van der Waals surface area contributed by atoms with Crippen LogP contribution < -0.4 is 10.6 Å². The molecule has 0 saturated heterocycles. The lowest BCUT2D eigenvalue weighted by Crippen LogP contribution is -2.50. The molecule has 0 aliphatic carbocycles. The third-order valence-corrected chi connectivity index (χ3v) is 5.12. The van der Waals surface area contributed by atoms with Gasteiger partial charge in [-0.3, -0.25) is 9.59 Å². The monoisotopic (exact) mass is 536 g/mol. The number of imidazole rings is 1. The number of carbonyl (C=O) groups is 4. The first-order valence-electron chi connectivity index (χ1n) is 12.3. The summed E-state index contributed by atoms with van der Waals surface area (Å²) < 4.78 is 16.9. The number of esters is 1. The molecule has 0 bridgehead atoms. The fraction of sp³-hybridized carbons (Fsp3) is 0.321. The van der Waals surface area contributed by atoms with Crippen LogP contribution in [0.5, 0.6) is 0 Å². The van der Waals surface area contributed by atoms with Gasteiger partial charge in [0.1, 0.15) is 37.7 Å². The first-order chi connectivity index (χ1) is 18.6. The first kappa shape index (κ1) is 28.9. The van der Waals surface area contributed by atoms with E-state index in [-0.39, 0.29) is 19.6 Å². The van der Waals surface area contributed by atoms with E-state index in [0.29, 0.717) is 5.69 Å². The van der Waals surface area contributed by atoms with E-state index in [9.17, 15) is 19.2 Å². The van der Waals surface area contributed by atoms with E-state index < -0.39 is 42.3 Å². The van der Waals surface area contributed by atoms with E-state index in [1.807, 2.05) is 60.7 Å². The molecule has 0 saturated carbocycles. The van der Waals surface area contributed by atoms with Gasteiger partial charge in [-0.05, 0) is 31.9 Å². The summed E-state index contributed by atoms with van der Waals surface area (Å²) in [6.07, 6.45) is 1.10. The number of carbonyl (C=O) groups excluding carboxylic acids is 4. The maximum Gasteiger partial charge on any atom is 0.419 e. The van der Waals surface area contributed by atoms with Crippen LogP contribution in [0.15, 0.2) is 73.2 Å². The Morgan fingerprint density at radius 1 is 0.897 bits per heavy atom. The van der Waals surface area contributed by atoms with Gasteiger partial charge in [0, 0.05) is 12.6 Å². The number of hydrogen-bond acceptors (Lipinski definition) is 8. The molecule has 0 aliphatic heterocycles. The number of alkyl carbamates (subject to hydrolysis) is 1. The quantitative estimate of drug-likeness (QED) is 0.297. The molecule has 1 aromatic heterocycles. The van der Waals surface area contributed by atoms with Crippen molar-refractivity contribution in [3.63, 3.8) is 0 Å². The lowest BCUT2D eigenvalue weighted by molar-refractivity contribution is -0.145. The minimum Gasteiger partial charge on any atom is -0.460 e. The predicted octanol–water partition coefficient (Wildman–Crippen LogP) is 3.36. The summed E-state index contributed by atoms with van der Waals surface area (Å²) in [5, 5.41) is 4.96. The molecule has 206 valence electrons. The summed E-state index contributed by atoms with van der Waals surface area (Å²) in [5.41, 5.74) is 1.16. The van der Waals surface area contributed by atoms with Gasteiger partial charge in [-0.1, -0.05) is 60.7 Å². The summed E-state index contributed by atoms with van der Waals surface area (Å²) in [5.74, 6) is -1.30. The molecule has 0 unspecified atom stereocenters. The minimum atomic E-state index is -1.15. The fourth-order valence-electron chi connectivity index (χ4n) is 3.30. The lowest BCUT2D eigenvalue weighted by Gasteiger charge is -2.23. The number of hydrogen-bond donors (Lipinski definition) is 2. The van der Waals surface area contributed by atoms with Crippen LogP contribution in [0.4, 0.5) is 9.59 Å². The Hall–Kier alpha value is -4.67. The summed E-state index contributed by atoms with van der Waals surface area (Å²) in [4.78, 5) is 54.0. The van der Waals surface area contributed by atoms with Gasteiger partial charge in [0.15, 0.2) is 0 Å². The molecular formula is C28H32N4O7. The van der Waals surface area contributed by atoms with Crippen LogP contribution in [0.3, 0.4) is 0 Å². The summed E-state index contributed by atoms with van der Waals surface area (Å²) in [7, 11) is 0. The van der Waals surface area contributed by atoms with E-state index in [1.54, 1.807) is 20.8 Å². The van der Waals surface area contributed by atoms with E-state index >= 15 is 0 Å². The lowest BCUT2D eigenvalue weighted by atomic mass is 10.1. The van der Waals surface area contributed by atoms with Crippen molar-refractivity contribution in [3.05, 3.63) is 90.0 Å². The number of ether oxygens (including phenoxy) is 3. The average Bonchev–Trinajstić information content (AvgIpc) is 3.37. The molecule has 11 heteroatoms. The molecule has 2 aromatic carbocycles. The van der Waals surface area contributed by atoms with Crippen molar-refractivity contribution < 1.29 is 33.4 Å². The van der Waals surface area contributed by atoms with E-state index in [4.69, 9.17) is 14.2 Å². The van der Waals surface area contributed by atoms with E-state index in [0.717, 1.165) is 15.7 Å². The first-order valence-corrected chi connectivity index (χ1v) is 12.3. The van der Waals surface area contributed by atoms with Gasteiger partial charge in [-0.15, -0.1) is 0 Å². The molecule has 0 radical (unpaired) electrons. The third kappa shape index (κ3) is 10.3.